The van der Waals surface area contributed by atoms with E-state index < -0.39 is 0 Å². The van der Waals surface area contributed by atoms with Crippen LogP contribution < -0.4 is 5.73 Å². The Morgan fingerprint density at radius 1 is 1.88 bits per heavy atom. The van der Waals surface area contributed by atoms with Crippen LogP contribution in [0.2, 0.25) is 0 Å². The summed E-state index contributed by atoms with van der Waals surface area (Å²) in [6.45, 7) is 0. The van der Waals surface area contributed by atoms with Gasteiger partial charge in [0.25, 0.3) is 0 Å². The molecule has 1 rings (SSSR count). The van der Waals surface area contributed by atoms with Crippen molar-refractivity contribution in [2.75, 3.05) is 5.73 Å². The fourth-order valence-electron chi connectivity index (χ4n) is 0.411. The number of hydrogen-bond acceptors (Lipinski definition) is 3. The Morgan fingerprint density at radius 2 is 2.62 bits per heavy atom. The first kappa shape index (κ1) is 4.83. The highest BCUT2D eigenvalue weighted by Crippen LogP contribution is 1.90. The number of nitrogens with two attached hydrogens (primary N) is 1. The van der Waals surface area contributed by atoms with Crippen LogP contribution in [0, 0.1) is 0 Å². The molecule has 0 fully saturated rings. The number of nitrogens with zero attached hydrogens (tertiary/aromatic N) is 2. The first-order valence-electron chi connectivity index (χ1n) is 2.09. The molecule has 0 saturated carbocycles. The van der Waals surface area contributed by atoms with Gasteiger partial charge in [-0.3, -0.25) is 4.79 Å². The lowest BCUT2D eigenvalue weighted by atomic mass is 10.7. The average molecular weight is 111 g/mol. The van der Waals surface area contributed by atoms with E-state index in [-0.39, 0.29) is 0 Å². The van der Waals surface area contributed by atoms with Crippen LogP contribution >= 0.6 is 0 Å². The van der Waals surface area contributed by atoms with Crippen LogP contribution in [-0.2, 0) is 4.79 Å². The van der Waals surface area contributed by atoms with E-state index in [4.69, 9.17) is 5.73 Å². The summed E-state index contributed by atoms with van der Waals surface area (Å²) >= 11 is 0. The smallest absolute Gasteiger partial charge is 0.234 e. The van der Waals surface area contributed by atoms with Crippen molar-refractivity contribution in [2.45, 2.75) is 0 Å². The third-order valence-electron chi connectivity index (χ3n) is 0.737. The zero-order chi connectivity index (χ0) is 5.98. The lowest BCUT2D eigenvalue weighted by Crippen LogP contribution is -1.95. The maximum Gasteiger partial charge on any atom is 0.234 e. The molecule has 1 heterocycles. The molecule has 0 saturated heterocycles. The summed E-state index contributed by atoms with van der Waals surface area (Å²) in [5, 5.41) is 3.56. The van der Waals surface area contributed by atoms with Gasteiger partial charge in [0.15, 0.2) is 0 Å². The zero-order valence-corrected chi connectivity index (χ0v) is 4.11. The third kappa shape index (κ3) is 0.676. The van der Waals surface area contributed by atoms with Crippen molar-refractivity contribution < 1.29 is 4.79 Å². The van der Waals surface area contributed by atoms with Gasteiger partial charge in [-0.15, -0.1) is 5.10 Å². The second kappa shape index (κ2) is 1.65. The van der Waals surface area contributed by atoms with E-state index in [9.17, 15) is 4.79 Å². The van der Waals surface area contributed by atoms with E-state index in [1.807, 2.05) is 0 Å². The van der Waals surface area contributed by atoms with Crippen LogP contribution in [0.5, 0.6) is 0 Å². The van der Waals surface area contributed by atoms with Crippen molar-refractivity contribution in [2.24, 2.45) is 0 Å². The molecule has 0 aliphatic heterocycles. The fourth-order valence-corrected chi connectivity index (χ4v) is 0.411. The number of rotatable bonds is 1. The van der Waals surface area contributed by atoms with Gasteiger partial charge in [-0.1, -0.05) is 0 Å². The number of hydrogen-bond donors (Lipinski definition) is 1. The highest BCUT2D eigenvalue weighted by Gasteiger charge is 1.87. The van der Waals surface area contributed by atoms with Crippen LogP contribution in [0.15, 0.2) is 12.3 Å². The van der Waals surface area contributed by atoms with Crippen LogP contribution in [-0.4, -0.2) is 16.2 Å². The highest BCUT2D eigenvalue weighted by atomic mass is 16.1. The van der Waals surface area contributed by atoms with Gasteiger partial charge >= 0.3 is 0 Å². The molecule has 0 unspecified atom stereocenters. The summed E-state index contributed by atoms with van der Waals surface area (Å²) in [5.74, 6) is 0.358. The van der Waals surface area contributed by atoms with Crippen LogP contribution in [0.3, 0.4) is 0 Å². The molecule has 0 radical (unpaired) electrons. The Kier molecular flexibility index (Phi) is 0.997. The monoisotopic (exact) mass is 111 g/mol. The maximum atomic E-state index is 9.86. The summed E-state index contributed by atoms with van der Waals surface area (Å²) in [4.78, 5) is 9.86. The average Bonchev–Trinajstić information content (AvgIpc) is 2.14. The second-order valence-electron chi connectivity index (χ2n) is 1.33. The minimum Gasteiger partial charge on any atom is -0.382 e. The number of carbonyl (C=O) groups excluding carboxylic acids is 1. The molecule has 0 atom stereocenters. The van der Waals surface area contributed by atoms with Gasteiger partial charge < -0.3 is 5.73 Å². The third-order valence-corrected chi connectivity index (χ3v) is 0.737. The molecule has 0 aromatic carbocycles. The van der Waals surface area contributed by atoms with Crippen LogP contribution in [0.4, 0.5) is 5.82 Å². The van der Waals surface area contributed by atoms with Gasteiger partial charge in [0.1, 0.15) is 5.82 Å². The minimum atomic E-state index is 0.358. The molecule has 4 nitrogen and oxygen atoms in total. The number of carbonyl (C=O) groups is 1. The van der Waals surface area contributed by atoms with Crippen molar-refractivity contribution in [1.29, 1.82) is 0 Å². The molecular weight excluding hydrogens is 106 g/mol. The summed E-state index contributed by atoms with van der Waals surface area (Å²) in [6.07, 6.45) is 2.07. The van der Waals surface area contributed by atoms with Gasteiger partial charge in [0.05, 0.1) is 0 Å². The van der Waals surface area contributed by atoms with Gasteiger partial charge in [-0.25, -0.2) is 4.68 Å². The largest absolute Gasteiger partial charge is 0.382 e. The fraction of sp³-hybridized carbons (Fsp3) is 0. The Bertz CT molecular complexity index is 193. The quantitative estimate of drug-likeness (QED) is 0.497. The van der Waals surface area contributed by atoms with E-state index in [1.54, 1.807) is 6.07 Å². The highest BCUT2D eigenvalue weighted by molar-refractivity contribution is 5.51. The Morgan fingerprint density at radius 3 is 2.88 bits per heavy atom. The van der Waals surface area contributed by atoms with Crippen molar-refractivity contribution in [3.63, 3.8) is 0 Å². The predicted molar refractivity (Wildman–Crippen MR) is 28.8 cm³/mol. The Balaban J connectivity index is 3.00. The maximum absolute atomic E-state index is 9.86. The van der Waals surface area contributed by atoms with E-state index in [0.717, 1.165) is 4.68 Å². The van der Waals surface area contributed by atoms with Crippen LogP contribution in [0.1, 0.15) is 0 Å². The predicted octanol–water partition coefficient (Wildman–Crippen LogP) is -0.496. The molecule has 2 N–H and O–H groups in total. The van der Waals surface area contributed by atoms with Crippen LogP contribution in [0.25, 0.3) is 0 Å². The number of nitrogen functional groups attached to an aromatic ring is 1. The van der Waals surface area contributed by atoms with E-state index in [1.165, 1.54) is 6.20 Å². The van der Waals surface area contributed by atoms with Crippen molar-refractivity contribution in [3.8, 4) is 0 Å². The summed E-state index contributed by atoms with van der Waals surface area (Å²) in [5.41, 5.74) is 5.16. The molecule has 0 aliphatic carbocycles. The molecule has 8 heavy (non-hydrogen) atoms. The molecule has 0 aliphatic rings. The summed E-state index contributed by atoms with van der Waals surface area (Å²) < 4.78 is 1.11. The Hall–Kier alpha value is -1.32. The second-order valence-corrected chi connectivity index (χ2v) is 1.33. The summed E-state index contributed by atoms with van der Waals surface area (Å²) in [7, 11) is 0. The Labute approximate surface area is 45.9 Å². The van der Waals surface area contributed by atoms with Crippen molar-refractivity contribution in [1.82, 2.24) is 9.78 Å². The molecule has 42 valence electrons. The lowest BCUT2D eigenvalue weighted by molar-refractivity contribution is 0.541. The zero-order valence-electron chi connectivity index (χ0n) is 4.11. The first-order valence-corrected chi connectivity index (χ1v) is 2.09. The van der Waals surface area contributed by atoms with Crippen molar-refractivity contribution in [3.05, 3.63) is 12.3 Å². The van der Waals surface area contributed by atoms with Gasteiger partial charge in [-0.2, -0.15) is 0 Å². The van der Waals surface area contributed by atoms with E-state index in [0.29, 0.717) is 12.2 Å². The number of aromatic nitrogens is 2. The van der Waals surface area contributed by atoms with E-state index in [2.05, 4.69) is 5.10 Å². The topological polar surface area (TPSA) is 60.9 Å². The SMILES string of the molecule is Nc1ccn(C=O)n1. The van der Waals surface area contributed by atoms with Crippen molar-refractivity contribution >= 4 is 12.2 Å². The van der Waals surface area contributed by atoms with Gasteiger partial charge in [0.2, 0.25) is 6.41 Å². The van der Waals surface area contributed by atoms with E-state index >= 15 is 0 Å². The first-order chi connectivity index (χ1) is 3.83. The molecule has 0 amide bonds. The molecule has 4 heteroatoms. The van der Waals surface area contributed by atoms with Gasteiger partial charge in [0, 0.05) is 12.3 Å². The molecule has 0 bridgehead atoms. The molecule has 0 spiro atoms. The lowest BCUT2D eigenvalue weighted by Gasteiger charge is -1.78. The molecular formula is C4H5N3O. The molecule has 1 aromatic heterocycles. The standard InChI is InChI=1S/C4H5N3O/c5-4-1-2-7(3-8)6-4/h1-3H,(H2,5,6). The minimum absolute atomic E-state index is 0.358. The van der Waals surface area contributed by atoms with Gasteiger partial charge in [-0.05, 0) is 0 Å². The molecule has 1 aromatic rings. The number of anilines is 1. The summed E-state index contributed by atoms with van der Waals surface area (Å²) in [6, 6.07) is 1.55. The normalized spacial score (nSPS) is 9.00.